The lowest BCUT2D eigenvalue weighted by Gasteiger charge is -2.34. The molecule has 1 saturated heterocycles. The van der Waals surface area contributed by atoms with Gasteiger partial charge in [-0.2, -0.15) is 4.98 Å². The maximum Gasteiger partial charge on any atom is 0.244 e. The van der Waals surface area contributed by atoms with Gasteiger partial charge >= 0.3 is 0 Å². The maximum atomic E-state index is 6.18. The highest BCUT2D eigenvalue weighted by molar-refractivity contribution is 5.30. The molecule has 5 heteroatoms. The van der Waals surface area contributed by atoms with E-state index in [0.29, 0.717) is 5.92 Å². The van der Waals surface area contributed by atoms with Crippen molar-refractivity contribution in [1.82, 2.24) is 15.2 Å². The van der Waals surface area contributed by atoms with E-state index in [1.165, 1.54) is 25.7 Å². The highest BCUT2D eigenvalue weighted by atomic mass is 15.4. The number of anilines is 1. The highest BCUT2D eigenvalue weighted by Crippen LogP contribution is 2.49. The zero-order valence-corrected chi connectivity index (χ0v) is 13.0. The molecule has 0 amide bonds. The first kappa shape index (κ1) is 13.6. The van der Waals surface area contributed by atoms with Gasteiger partial charge in [0.15, 0.2) is 0 Å². The normalized spacial score (nSPS) is 39.1. The molecule has 0 radical (unpaired) electrons. The fourth-order valence-corrected chi connectivity index (χ4v) is 4.67. The minimum Gasteiger partial charge on any atom is -0.338 e. The van der Waals surface area contributed by atoms with Crippen LogP contribution in [0.5, 0.6) is 0 Å². The van der Waals surface area contributed by atoms with Crippen LogP contribution in [0, 0.1) is 23.7 Å². The van der Waals surface area contributed by atoms with E-state index in [4.69, 9.17) is 10.7 Å². The molecule has 0 aromatic carbocycles. The van der Waals surface area contributed by atoms with Crippen molar-refractivity contribution in [3.8, 4) is 0 Å². The van der Waals surface area contributed by atoms with Crippen LogP contribution in [-0.4, -0.2) is 34.3 Å². The van der Waals surface area contributed by atoms with E-state index >= 15 is 0 Å². The first-order valence-corrected chi connectivity index (χ1v) is 8.61. The van der Waals surface area contributed by atoms with Gasteiger partial charge in [-0.05, 0) is 49.4 Å². The minimum absolute atomic E-state index is 0.242. The third-order valence-electron chi connectivity index (χ3n) is 6.16. The number of hydrogen-bond donors (Lipinski definition) is 2. The summed E-state index contributed by atoms with van der Waals surface area (Å²) in [5, 5.41) is 7.61. The van der Waals surface area contributed by atoms with Crippen LogP contribution in [0.2, 0.25) is 0 Å². The zero-order valence-electron chi connectivity index (χ0n) is 13.0. The van der Waals surface area contributed by atoms with Crippen molar-refractivity contribution in [2.45, 2.75) is 51.5 Å². The molecule has 21 heavy (non-hydrogen) atoms. The lowest BCUT2D eigenvalue weighted by molar-refractivity contribution is 0.327. The topological polar surface area (TPSA) is 70.8 Å². The van der Waals surface area contributed by atoms with Gasteiger partial charge in [0, 0.05) is 25.6 Å². The Kier molecular flexibility index (Phi) is 3.40. The average Bonchev–Trinajstić information content (AvgIpc) is 3.18. The van der Waals surface area contributed by atoms with Gasteiger partial charge in [0.1, 0.15) is 5.82 Å². The zero-order chi connectivity index (χ0) is 14.4. The Hall–Kier alpha value is -1.10. The van der Waals surface area contributed by atoms with Gasteiger partial charge in [0.05, 0.1) is 0 Å². The number of H-pyrrole nitrogens is 1. The summed E-state index contributed by atoms with van der Waals surface area (Å²) in [6.45, 7) is 4.15. The van der Waals surface area contributed by atoms with E-state index in [0.717, 1.165) is 55.5 Å². The second-order valence-corrected chi connectivity index (χ2v) is 7.60. The smallest absolute Gasteiger partial charge is 0.244 e. The number of hydrogen-bond acceptors (Lipinski definition) is 4. The molecule has 5 atom stereocenters. The predicted octanol–water partition coefficient (Wildman–Crippen LogP) is 1.96. The number of aromatic amines is 1. The van der Waals surface area contributed by atoms with E-state index in [1.807, 2.05) is 0 Å². The van der Waals surface area contributed by atoms with Gasteiger partial charge in [-0.1, -0.05) is 13.3 Å². The quantitative estimate of drug-likeness (QED) is 0.892. The highest BCUT2D eigenvalue weighted by Gasteiger charge is 2.39. The Morgan fingerprint density at radius 1 is 1.29 bits per heavy atom. The standard InChI is InChI=1S/C16H27N5/c1-10-4-5-21(9-14(10)17)16-18-15(19-20-16)8-13-7-11-2-3-12(13)6-11/h10-14H,2-9,17H2,1H3,(H,18,19,20). The largest absolute Gasteiger partial charge is 0.338 e. The summed E-state index contributed by atoms with van der Waals surface area (Å²) < 4.78 is 0. The van der Waals surface area contributed by atoms with Crippen LogP contribution in [0.15, 0.2) is 0 Å². The van der Waals surface area contributed by atoms with Gasteiger partial charge in [-0.15, -0.1) is 5.10 Å². The Bertz CT molecular complexity index is 499. The molecule has 3 aliphatic rings. The first-order valence-electron chi connectivity index (χ1n) is 8.61. The molecule has 2 aliphatic carbocycles. The molecule has 1 aliphatic heterocycles. The maximum absolute atomic E-state index is 6.18. The number of fused-ring (bicyclic) bond motifs is 2. The summed E-state index contributed by atoms with van der Waals surface area (Å²) in [7, 11) is 0. The van der Waals surface area contributed by atoms with E-state index in [1.54, 1.807) is 0 Å². The second-order valence-electron chi connectivity index (χ2n) is 7.60. The monoisotopic (exact) mass is 289 g/mol. The molecule has 5 unspecified atom stereocenters. The SMILES string of the molecule is CC1CCN(c2n[nH]c(CC3CC4CCC3C4)n2)CC1N. The number of nitrogens with two attached hydrogens (primary N) is 1. The molecule has 2 heterocycles. The first-order chi connectivity index (χ1) is 10.2. The molecule has 0 spiro atoms. The van der Waals surface area contributed by atoms with E-state index in [-0.39, 0.29) is 6.04 Å². The van der Waals surface area contributed by atoms with E-state index in [2.05, 4.69) is 22.0 Å². The van der Waals surface area contributed by atoms with Crippen molar-refractivity contribution in [1.29, 1.82) is 0 Å². The Labute approximate surface area is 126 Å². The third-order valence-corrected chi connectivity index (χ3v) is 6.16. The summed E-state index contributed by atoms with van der Waals surface area (Å²) in [6.07, 6.45) is 8.00. The molecule has 1 aromatic heterocycles. The lowest BCUT2D eigenvalue weighted by Crippen LogP contribution is -2.48. The molecule has 116 valence electrons. The van der Waals surface area contributed by atoms with Crippen molar-refractivity contribution in [3.05, 3.63) is 5.82 Å². The van der Waals surface area contributed by atoms with Crippen molar-refractivity contribution >= 4 is 5.95 Å². The number of piperidine rings is 1. The van der Waals surface area contributed by atoms with Crippen LogP contribution in [0.1, 0.15) is 44.9 Å². The summed E-state index contributed by atoms with van der Waals surface area (Å²) >= 11 is 0. The van der Waals surface area contributed by atoms with Gasteiger partial charge in [-0.3, -0.25) is 5.10 Å². The molecular weight excluding hydrogens is 262 g/mol. The fraction of sp³-hybridized carbons (Fsp3) is 0.875. The molecular formula is C16H27N5. The van der Waals surface area contributed by atoms with Crippen LogP contribution < -0.4 is 10.6 Å². The molecule has 3 N–H and O–H groups in total. The molecule has 4 rings (SSSR count). The Morgan fingerprint density at radius 3 is 2.90 bits per heavy atom. The van der Waals surface area contributed by atoms with Crippen LogP contribution >= 0.6 is 0 Å². The van der Waals surface area contributed by atoms with Crippen LogP contribution in [0.3, 0.4) is 0 Å². The summed E-state index contributed by atoms with van der Waals surface area (Å²) in [6, 6.07) is 0.242. The lowest BCUT2D eigenvalue weighted by atomic mass is 9.86. The van der Waals surface area contributed by atoms with Crippen molar-refractivity contribution in [2.75, 3.05) is 18.0 Å². The van der Waals surface area contributed by atoms with Crippen LogP contribution in [0.25, 0.3) is 0 Å². The summed E-state index contributed by atoms with van der Waals surface area (Å²) in [5.74, 6) is 5.34. The van der Waals surface area contributed by atoms with Crippen LogP contribution in [-0.2, 0) is 6.42 Å². The Morgan fingerprint density at radius 2 is 2.19 bits per heavy atom. The second kappa shape index (κ2) is 5.27. The fourth-order valence-electron chi connectivity index (χ4n) is 4.67. The molecule has 3 fully saturated rings. The molecule has 1 aromatic rings. The van der Waals surface area contributed by atoms with Gasteiger partial charge in [0.2, 0.25) is 5.95 Å². The summed E-state index contributed by atoms with van der Waals surface area (Å²) in [5.41, 5.74) is 6.18. The van der Waals surface area contributed by atoms with Gasteiger partial charge in [0.25, 0.3) is 0 Å². The van der Waals surface area contributed by atoms with Gasteiger partial charge < -0.3 is 10.6 Å². The van der Waals surface area contributed by atoms with Gasteiger partial charge in [-0.25, -0.2) is 0 Å². The van der Waals surface area contributed by atoms with E-state index < -0.39 is 0 Å². The number of aromatic nitrogens is 3. The van der Waals surface area contributed by atoms with Crippen molar-refractivity contribution in [2.24, 2.45) is 29.4 Å². The number of rotatable bonds is 3. The molecule has 5 nitrogen and oxygen atoms in total. The van der Waals surface area contributed by atoms with Crippen molar-refractivity contribution < 1.29 is 0 Å². The van der Waals surface area contributed by atoms with Crippen molar-refractivity contribution in [3.63, 3.8) is 0 Å². The Balaban J connectivity index is 1.39. The number of nitrogens with one attached hydrogen (secondary N) is 1. The average molecular weight is 289 g/mol. The molecule has 2 saturated carbocycles. The molecule has 2 bridgehead atoms. The van der Waals surface area contributed by atoms with Crippen LogP contribution in [0.4, 0.5) is 5.95 Å². The predicted molar refractivity (Wildman–Crippen MR) is 83.0 cm³/mol. The van der Waals surface area contributed by atoms with E-state index in [9.17, 15) is 0 Å². The number of nitrogens with zero attached hydrogens (tertiary/aromatic N) is 3. The third kappa shape index (κ3) is 2.56. The summed E-state index contributed by atoms with van der Waals surface area (Å²) in [4.78, 5) is 6.99. The minimum atomic E-state index is 0.242.